The van der Waals surface area contributed by atoms with Crippen molar-refractivity contribution in [3.8, 4) is 5.75 Å². The number of para-hydroxylation sites is 1. The maximum Gasteiger partial charge on any atom is 0.255 e. The molecule has 0 heterocycles. The quantitative estimate of drug-likeness (QED) is 0.830. The van der Waals surface area contributed by atoms with E-state index < -0.39 is 0 Å². The molecule has 0 radical (unpaired) electrons. The van der Waals surface area contributed by atoms with E-state index >= 15 is 0 Å². The molecule has 0 aliphatic rings. The number of carbonyl (C=O) groups is 1. The maximum atomic E-state index is 12.0. The Morgan fingerprint density at radius 3 is 2.50 bits per heavy atom. The van der Waals surface area contributed by atoms with Gasteiger partial charge in [0.2, 0.25) is 0 Å². The highest BCUT2D eigenvalue weighted by Crippen LogP contribution is 2.17. The molecular formula is C13H19NO2. The topological polar surface area (TPSA) is 38.3 Å². The molecule has 0 aliphatic carbocycles. The van der Waals surface area contributed by atoms with Crippen LogP contribution in [0.3, 0.4) is 0 Å². The van der Waals surface area contributed by atoms with Gasteiger partial charge in [-0.1, -0.05) is 26.0 Å². The minimum atomic E-state index is -0.0637. The number of hydrogen-bond acceptors (Lipinski definition) is 2. The average Bonchev–Trinajstić information content (AvgIpc) is 2.35. The third-order valence-electron chi connectivity index (χ3n) is 2.67. The second-order valence-electron chi connectivity index (χ2n) is 3.69. The summed E-state index contributed by atoms with van der Waals surface area (Å²) in [5.74, 6) is 0.553. The van der Waals surface area contributed by atoms with Gasteiger partial charge in [0.15, 0.2) is 0 Å². The summed E-state index contributed by atoms with van der Waals surface area (Å²) < 4.78 is 5.15. The lowest BCUT2D eigenvalue weighted by Crippen LogP contribution is -2.33. The van der Waals surface area contributed by atoms with Gasteiger partial charge in [-0.25, -0.2) is 0 Å². The summed E-state index contributed by atoms with van der Waals surface area (Å²) in [7, 11) is 1.57. The Labute approximate surface area is 96.8 Å². The van der Waals surface area contributed by atoms with Gasteiger partial charge in [0.05, 0.1) is 12.7 Å². The molecule has 0 fully saturated rings. The first kappa shape index (κ1) is 12.6. The molecule has 88 valence electrons. The predicted molar refractivity (Wildman–Crippen MR) is 64.8 cm³/mol. The summed E-state index contributed by atoms with van der Waals surface area (Å²) in [6.45, 7) is 4.13. The van der Waals surface area contributed by atoms with E-state index in [2.05, 4.69) is 19.2 Å². The summed E-state index contributed by atoms with van der Waals surface area (Å²) in [4.78, 5) is 12.0. The van der Waals surface area contributed by atoms with Gasteiger partial charge in [-0.2, -0.15) is 0 Å². The van der Waals surface area contributed by atoms with E-state index in [0.717, 1.165) is 12.8 Å². The normalized spacial score (nSPS) is 10.2. The zero-order valence-electron chi connectivity index (χ0n) is 10.1. The highest BCUT2D eigenvalue weighted by atomic mass is 16.5. The first-order valence-corrected chi connectivity index (χ1v) is 5.66. The third-order valence-corrected chi connectivity index (χ3v) is 2.67. The van der Waals surface area contributed by atoms with E-state index in [-0.39, 0.29) is 11.9 Å². The smallest absolute Gasteiger partial charge is 0.255 e. The largest absolute Gasteiger partial charge is 0.496 e. The highest BCUT2D eigenvalue weighted by Gasteiger charge is 2.14. The second kappa shape index (κ2) is 6.16. The number of methoxy groups -OCH3 is 1. The van der Waals surface area contributed by atoms with E-state index in [1.54, 1.807) is 19.2 Å². The van der Waals surface area contributed by atoms with Crippen LogP contribution in [0.2, 0.25) is 0 Å². The van der Waals surface area contributed by atoms with E-state index in [1.807, 2.05) is 12.1 Å². The van der Waals surface area contributed by atoms with Crippen molar-refractivity contribution < 1.29 is 9.53 Å². The van der Waals surface area contributed by atoms with Gasteiger partial charge in [-0.3, -0.25) is 4.79 Å². The van der Waals surface area contributed by atoms with Crippen LogP contribution in [0.1, 0.15) is 37.0 Å². The van der Waals surface area contributed by atoms with Crippen molar-refractivity contribution in [3.05, 3.63) is 29.8 Å². The molecule has 1 amide bonds. The van der Waals surface area contributed by atoms with Gasteiger partial charge < -0.3 is 10.1 Å². The maximum absolute atomic E-state index is 12.0. The molecule has 1 aromatic carbocycles. The fourth-order valence-corrected chi connectivity index (χ4v) is 1.59. The van der Waals surface area contributed by atoms with E-state index in [4.69, 9.17) is 4.74 Å². The minimum absolute atomic E-state index is 0.0637. The van der Waals surface area contributed by atoms with Gasteiger partial charge in [-0.15, -0.1) is 0 Å². The molecule has 0 unspecified atom stereocenters. The van der Waals surface area contributed by atoms with E-state index in [0.29, 0.717) is 11.3 Å². The van der Waals surface area contributed by atoms with Crippen molar-refractivity contribution >= 4 is 5.91 Å². The first-order chi connectivity index (χ1) is 7.72. The van der Waals surface area contributed by atoms with Crippen molar-refractivity contribution in [2.75, 3.05) is 7.11 Å². The van der Waals surface area contributed by atoms with Crippen LogP contribution in [-0.4, -0.2) is 19.1 Å². The monoisotopic (exact) mass is 221 g/mol. The lowest BCUT2D eigenvalue weighted by molar-refractivity contribution is 0.0932. The number of benzene rings is 1. The molecule has 0 saturated carbocycles. The molecule has 0 bridgehead atoms. The summed E-state index contributed by atoms with van der Waals surface area (Å²) in [6.07, 6.45) is 1.88. The highest BCUT2D eigenvalue weighted by molar-refractivity contribution is 5.97. The van der Waals surface area contributed by atoms with Crippen LogP contribution in [0.5, 0.6) is 5.75 Å². The fraction of sp³-hybridized carbons (Fsp3) is 0.462. The molecule has 1 N–H and O–H groups in total. The van der Waals surface area contributed by atoms with Crippen LogP contribution in [-0.2, 0) is 0 Å². The Bertz CT molecular complexity index is 346. The van der Waals surface area contributed by atoms with Crippen molar-refractivity contribution in [2.24, 2.45) is 0 Å². The Hall–Kier alpha value is -1.51. The Balaban J connectivity index is 2.79. The number of ether oxygens (including phenoxy) is 1. The van der Waals surface area contributed by atoms with Crippen molar-refractivity contribution in [1.29, 1.82) is 0 Å². The standard InChI is InChI=1S/C13H19NO2/c1-4-10(5-2)14-13(15)11-8-6-7-9-12(11)16-3/h6-10H,4-5H2,1-3H3,(H,14,15). The van der Waals surface area contributed by atoms with Crippen LogP contribution in [0, 0.1) is 0 Å². The third kappa shape index (κ3) is 2.99. The molecule has 3 nitrogen and oxygen atoms in total. The molecular weight excluding hydrogens is 202 g/mol. The second-order valence-corrected chi connectivity index (χ2v) is 3.69. The number of amides is 1. The molecule has 1 aromatic rings. The zero-order chi connectivity index (χ0) is 12.0. The van der Waals surface area contributed by atoms with Crippen LogP contribution < -0.4 is 10.1 Å². The number of hydrogen-bond donors (Lipinski definition) is 1. The SMILES string of the molecule is CCC(CC)NC(=O)c1ccccc1OC. The van der Waals surface area contributed by atoms with Gasteiger partial charge in [0.25, 0.3) is 5.91 Å². The van der Waals surface area contributed by atoms with Gasteiger partial charge in [0.1, 0.15) is 5.75 Å². The molecule has 0 spiro atoms. The summed E-state index contributed by atoms with van der Waals surface area (Å²) in [5.41, 5.74) is 0.594. The Morgan fingerprint density at radius 2 is 1.94 bits per heavy atom. The lowest BCUT2D eigenvalue weighted by Gasteiger charge is -2.15. The van der Waals surface area contributed by atoms with E-state index in [9.17, 15) is 4.79 Å². The van der Waals surface area contributed by atoms with Gasteiger partial charge >= 0.3 is 0 Å². The van der Waals surface area contributed by atoms with Crippen molar-refractivity contribution in [3.63, 3.8) is 0 Å². The molecule has 0 atom stereocenters. The average molecular weight is 221 g/mol. The zero-order valence-corrected chi connectivity index (χ0v) is 10.1. The lowest BCUT2D eigenvalue weighted by atomic mass is 10.1. The molecule has 1 rings (SSSR count). The minimum Gasteiger partial charge on any atom is -0.496 e. The Morgan fingerprint density at radius 1 is 1.31 bits per heavy atom. The molecule has 16 heavy (non-hydrogen) atoms. The molecule has 0 aromatic heterocycles. The van der Waals surface area contributed by atoms with E-state index in [1.165, 1.54) is 0 Å². The number of carbonyl (C=O) groups excluding carboxylic acids is 1. The van der Waals surface area contributed by atoms with Crippen LogP contribution >= 0.6 is 0 Å². The van der Waals surface area contributed by atoms with Gasteiger partial charge in [-0.05, 0) is 25.0 Å². The first-order valence-electron chi connectivity index (χ1n) is 5.66. The summed E-state index contributed by atoms with van der Waals surface area (Å²) in [5, 5.41) is 2.99. The summed E-state index contributed by atoms with van der Waals surface area (Å²) in [6, 6.07) is 7.49. The van der Waals surface area contributed by atoms with Crippen LogP contribution in [0.15, 0.2) is 24.3 Å². The van der Waals surface area contributed by atoms with Crippen LogP contribution in [0.25, 0.3) is 0 Å². The predicted octanol–water partition coefficient (Wildman–Crippen LogP) is 2.61. The molecule has 0 aliphatic heterocycles. The fourth-order valence-electron chi connectivity index (χ4n) is 1.59. The number of rotatable bonds is 5. The number of nitrogens with one attached hydrogen (secondary N) is 1. The molecule has 0 saturated heterocycles. The van der Waals surface area contributed by atoms with Crippen molar-refractivity contribution in [1.82, 2.24) is 5.32 Å². The van der Waals surface area contributed by atoms with Crippen LogP contribution in [0.4, 0.5) is 0 Å². The Kier molecular flexibility index (Phi) is 4.83. The van der Waals surface area contributed by atoms with Crippen molar-refractivity contribution in [2.45, 2.75) is 32.7 Å². The summed E-state index contributed by atoms with van der Waals surface area (Å²) >= 11 is 0. The van der Waals surface area contributed by atoms with Gasteiger partial charge in [0, 0.05) is 6.04 Å². The molecule has 3 heteroatoms.